The van der Waals surface area contributed by atoms with Crippen molar-refractivity contribution >= 4 is 63.4 Å². The molecule has 3 aromatic carbocycles. The van der Waals surface area contributed by atoms with E-state index < -0.39 is 5.97 Å². The summed E-state index contributed by atoms with van der Waals surface area (Å²) in [5, 5.41) is 14.0. The molecule has 2 N–H and O–H groups in total. The smallest absolute Gasteiger partial charge is 0.335 e. The summed E-state index contributed by atoms with van der Waals surface area (Å²) >= 11 is 2.81. The molecule has 2 aliphatic rings. The number of hydrogen-bond acceptors (Lipinski definition) is 8. The fraction of sp³-hybridized carbons (Fsp3) is 0.172. The van der Waals surface area contributed by atoms with Crippen LogP contribution >= 0.6 is 23.5 Å². The van der Waals surface area contributed by atoms with Crippen molar-refractivity contribution in [2.45, 2.75) is 25.3 Å². The van der Waals surface area contributed by atoms with E-state index in [2.05, 4.69) is 5.32 Å². The quantitative estimate of drug-likeness (QED) is 0.261. The predicted octanol–water partition coefficient (Wildman–Crippen LogP) is 6.19. The van der Waals surface area contributed by atoms with E-state index in [1.165, 1.54) is 36.5 Å². The molecule has 0 bridgehead atoms. The molecular formula is C29H26N4O4S2. The zero-order chi connectivity index (χ0) is 27.7. The third-order valence-corrected chi connectivity index (χ3v) is 8.73. The van der Waals surface area contributed by atoms with Gasteiger partial charge in [-0.15, -0.1) is 0 Å². The van der Waals surface area contributed by atoms with E-state index >= 15 is 0 Å². The maximum atomic E-state index is 13.9. The van der Waals surface area contributed by atoms with E-state index in [0.717, 1.165) is 21.3 Å². The molecular weight excluding hydrogens is 532 g/mol. The molecule has 0 spiro atoms. The Kier molecular flexibility index (Phi) is 7.49. The minimum Gasteiger partial charge on any atom is -0.478 e. The molecule has 0 saturated carbocycles. The zero-order valence-electron chi connectivity index (χ0n) is 21.6. The van der Waals surface area contributed by atoms with Gasteiger partial charge in [0.05, 0.1) is 34.2 Å². The number of Topliss-reactive ketones (excluding diaryl/α,β-unsaturated/α-hetero) is 1. The van der Waals surface area contributed by atoms with Crippen LogP contribution in [-0.2, 0) is 11.3 Å². The maximum Gasteiger partial charge on any atom is 0.335 e. The molecule has 1 saturated heterocycles. The second-order valence-corrected chi connectivity index (χ2v) is 11.0. The number of nitrogens with one attached hydrogen (secondary N) is 1. The maximum absolute atomic E-state index is 13.9. The summed E-state index contributed by atoms with van der Waals surface area (Å²) in [5.74, 6) is -1.33. The van der Waals surface area contributed by atoms with Crippen LogP contribution in [0.4, 0.5) is 17.1 Å². The molecule has 3 aromatic rings. The number of hydrogen-bond donors (Lipinski definition) is 2. The van der Waals surface area contributed by atoms with E-state index in [1.54, 1.807) is 35.2 Å². The lowest BCUT2D eigenvalue weighted by Crippen LogP contribution is -2.29. The average molecular weight is 559 g/mol. The normalized spacial score (nSPS) is 17.6. The van der Waals surface area contributed by atoms with Crippen LogP contribution in [-0.4, -0.2) is 46.4 Å². The average Bonchev–Trinajstić information content (AvgIpc) is 3.41. The highest BCUT2D eigenvalue weighted by molar-refractivity contribution is 8.19. The van der Waals surface area contributed by atoms with Crippen molar-refractivity contribution in [3.8, 4) is 0 Å². The van der Waals surface area contributed by atoms with Crippen molar-refractivity contribution < 1.29 is 19.5 Å². The number of nitrogens with zero attached hydrogens (tertiary/aromatic N) is 3. The molecule has 0 radical (unpaired) electrons. The largest absolute Gasteiger partial charge is 0.478 e. The highest BCUT2D eigenvalue weighted by atomic mass is 32.2. The number of carboxylic acid groups (broad SMARTS) is 1. The number of para-hydroxylation sites is 1. The monoisotopic (exact) mass is 558 g/mol. The number of rotatable bonds is 7. The van der Waals surface area contributed by atoms with Crippen LogP contribution in [0.1, 0.15) is 40.1 Å². The first-order chi connectivity index (χ1) is 18.8. The summed E-state index contributed by atoms with van der Waals surface area (Å²) < 4.78 is 0. The molecule has 5 rings (SSSR count). The lowest BCUT2D eigenvalue weighted by atomic mass is 10.1. The number of benzene rings is 3. The van der Waals surface area contributed by atoms with Crippen LogP contribution in [0, 0.1) is 0 Å². The summed E-state index contributed by atoms with van der Waals surface area (Å²) in [6.07, 6.45) is 0. The van der Waals surface area contributed by atoms with Gasteiger partial charge in [0, 0.05) is 24.1 Å². The van der Waals surface area contributed by atoms with Crippen molar-refractivity contribution in [3.05, 3.63) is 93.4 Å². The van der Waals surface area contributed by atoms with E-state index in [0.29, 0.717) is 33.4 Å². The van der Waals surface area contributed by atoms with Gasteiger partial charge < -0.3 is 15.3 Å². The Morgan fingerprint density at radius 3 is 2.51 bits per heavy atom. The number of carboxylic acids is 1. The van der Waals surface area contributed by atoms with Crippen molar-refractivity contribution in [3.63, 3.8) is 0 Å². The third kappa shape index (κ3) is 5.30. The number of fused-ring (bicyclic) bond motifs is 1. The Bertz CT molecular complexity index is 1570. The minimum absolute atomic E-state index is 0.0819. The van der Waals surface area contributed by atoms with Crippen LogP contribution in [0.5, 0.6) is 0 Å². The van der Waals surface area contributed by atoms with Gasteiger partial charge in [-0.3, -0.25) is 14.5 Å². The summed E-state index contributed by atoms with van der Waals surface area (Å²) in [4.78, 5) is 47.7. The molecule has 1 amide bonds. The SMILES string of the molecule is CCNc1ccc(C(C)=O)cc1N=C1S/C(=C2\Sc3ccccc3N2C)C(=O)N1Cc1cccc(C(=O)O)c1. The summed E-state index contributed by atoms with van der Waals surface area (Å²) in [6, 6.07) is 19.8. The number of carbonyl (C=O) groups is 3. The van der Waals surface area contributed by atoms with Crippen LogP contribution in [0.25, 0.3) is 0 Å². The summed E-state index contributed by atoms with van der Waals surface area (Å²) in [5.41, 5.74) is 3.65. The number of ketones is 1. The minimum atomic E-state index is -1.03. The number of amidine groups is 1. The number of aromatic carboxylic acids is 1. The first-order valence-electron chi connectivity index (χ1n) is 12.3. The van der Waals surface area contributed by atoms with Crippen molar-refractivity contribution in [2.24, 2.45) is 4.99 Å². The Balaban J connectivity index is 1.61. The standard InChI is InChI=1S/C29H26N4O4S2/c1-4-30-21-13-12-19(17(2)34)15-22(21)31-29-33(16-18-8-7-9-20(14-18)28(36)37)26(35)25(39-29)27-32(3)23-10-5-6-11-24(23)38-27/h5-15,30H,4,16H2,1-3H3,(H,36,37)/b27-25-,31-29?. The number of amides is 1. The van der Waals surface area contributed by atoms with Crippen molar-refractivity contribution in [2.75, 3.05) is 23.8 Å². The van der Waals surface area contributed by atoms with Gasteiger partial charge >= 0.3 is 5.97 Å². The van der Waals surface area contributed by atoms with Crippen LogP contribution in [0.2, 0.25) is 0 Å². The van der Waals surface area contributed by atoms with Gasteiger partial charge in [0.15, 0.2) is 11.0 Å². The van der Waals surface area contributed by atoms with E-state index in [1.807, 2.05) is 49.2 Å². The molecule has 39 heavy (non-hydrogen) atoms. The topological polar surface area (TPSA) is 102 Å². The van der Waals surface area contributed by atoms with Gasteiger partial charge in [-0.05, 0) is 73.6 Å². The fourth-order valence-electron chi connectivity index (χ4n) is 4.33. The molecule has 198 valence electrons. The molecule has 1 fully saturated rings. The number of thioether (sulfide) groups is 2. The van der Waals surface area contributed by atoms with E-state index in [-0.39, 0.29) is 23.8 Å². The van der Waals surface area contributed by atoms with E-state index in [9.17, 15) is 19.5 Å². The Morgan fingerprint density at radius 2 is 1.79 bits per heavy atom. The third-order valence-electron chi connectivity index (χ3n) is 6.30. The number of aliphatic imine (C=N–C) groups is 1. The Hall–Kier alpha value is -4.02. The highest BCUT2D eigenvalue weighted by Gasteiger charge is 2.39. The molecule has 10 heteroatoms. The molecule has 2 heterocycles. The fourth-order valence-corrected chi connectivity index (χ4v) is 6.67. The molecule has 0 aliphatic carbocycles. The molecule has 2 aliphatic heterocycles. The number of anilines is 2. The van der Waals surface area contributed by atoms with Gasteiger partial charge in [0.2, 0.25) is 0 Å². The molecule has 0 aromatic heterocycles. The molecule has 8 nitrogen and oxygen atoms in total. The van der Waals surface area contributed by atoms with Crippen molar-refractivity contribution in [1.82, 2.24) is 4.90 Å². The lowest BCUT2D eigenvalue weighted by Gasteiger charge is -2.17. The van der Waals surface area contributed by atoms with Crippen LogP contribution in [0.3, 0.4) is 0 Å². The van der Waals surface area contributed by atoms with Gasteiger partial charge in [-0.1, -0.05) is 36.0 Å². The second kappa shape index (κ2) is 11.0. The molecule has 0 atom stereocenters. The van der Waals surface area contributed by atoms with Crippen LogP contribution in [0.15, 0.2) is 86.6 Å². The van der Waals surface area contributed by atoms with Gasteiger partial charge in [0.1, 0.15) is 4.91 Å². The predicted molar refractivity (Wildman–Crippen MR) is 157 cm³/mol. The van der Waals surface area contributed by atoms with Gasteiger partial charge in [-0.2, -0.15) is 0 Å². The summed E-state index contributed by atoms with van der Waals surface area (Å²) in [7, 11) is 1.93. The highest BCUT2D eigenvalue weighted by Crippen LogP contribution is 2.50. The number of carbonyl (C=O) groups excluding carboxylic acids is 2. The Labute approximate surface area is 234 Å². The zero-order valence-corrected chi connectivity index (χ0v) is 23.2. The van der Waals surface area contributed by atoms with Crippen molar-refractivity contribution in [1.29, 1.82) is 0 Å². The lowest BCUT2D eigenvalue weighted by molar-refractivity contribution is -0.122. The van der Waals surface area contributed by atoms with E-state index in [4.69, 9.17) is 4.99 Å². The summed E-state index contributed by atoms with van der Waals surface area (Å²) in [6.45, 7) is 4.28. The van der Waals surface area contributed by atoms with Gasteiger partial charge in [-0.25, -0.2) is 9.79 Å². The van der Waals surface area contributed by atoms with Crippen LogP contribution < -0.4 is 10.2 Å². The Morgan fingerprint density at radius 1 is 1.00 bits per heavy atom. The first kappa shape index (κ1) is 26.6. The second-order valence-electron chi connectivity index (χ2n) is 8.97. The van der Waals surface area contributed by atoms with Gasteiger partial charge in [0.25, 0.3) is 5.91 Å². The first-order valence-corrected chi connectivity index (χ1v) is 13.9. The molecule has 0 unspecified atom stereocenters.